The standard InChI is InChI=1S/C20H38N4O2/c1-3-6-15(11-12-25)14-22-20(21-4-2)24-18-8-5-7-16(13-18)19(26)23-17-9-10-17/h15-18,25H,3-14H2,1-2H3,(H,23,26)(H2,21,22,24). The third-order valence-electron chi connectivity index (χ3n) is 5.40. The molecular weight excluding hydrogens is 328 g/mol. The third kappa shape index (κ3) is 7.52. The number of aliphatic hydroxyl groups excluding tert-OH is 1. The van der Waals surface area contributed by atoms with Crippen molar-refractivity contribution in [3.63, 3.8) is 0 Å². The summed E-state index contributed by atoms with van der Waals surface area (Å²) in [5.41, 5.74) is 0. The lowest BCUT2D eigenvalue weighted by molar-refractivity contribution is -0.126. The number of carbonyl (C=O) groups excluding carboxylic acids is 1. The van der Waals surface area contributed by atoms with Crippen molar-refractivity contribution >= 4 is 11.9 Å². The average Bonchev–Trinajstić information content (AvgIpc) is 3.44. The Morgan fingerprint density at radius 1 is 1.12 bits per heavy atom. The van der Waals surface area contributed by atoms with Gasteiger partial charge in [0, 0.05) is 37.7 Å². The molecule has 0 aromatic heterocycles. The van der Waals surface area contributed by atoms with E-state index in [0.29, 0.717) is 18.0 Å². The highest BCUT2D eigenvalue weighted by Crippen LogP contribution is 2.26. The van der Waals surface area contributed by atoms with Gasteiger partial charge in [-0.2, -0.15) is 0 Å². The maximum absolute atomic E-state index is 12.4. The molecule has 4 N–H and O–H groups in total. The van der Waals surface area contributed by atoms with Crippen LogP contribution in [0.25, 0.3) is 0 Å². The summed E-state index contributed by atoms with van der Waals surface area (Å²) < 4.78 is 0. The lowest BCUT2D eigenvalue weighted by Gasteiger charge is -2.30. The molecule has 2 fully saturated rings. The summed E-state index contributed by atoms with van der Waals surface area (Å²) in [6.45, 7) is 6.03. The Morgan fingerprint density at radius 2 is 1.92 bits per heavy atom. The van der Waals surface area contributed by atoms with Crippen molar-refractivity contribution in [1.82, 2.24) is 16.0 Å². The van der Waals surface area contributed by atoms with Gasteiger partial charge in [0.05, 0.1) is 0 Å². The van der Waals surface area contributed by atoms with Crippen molar-refractivity contribution in [2.75, 3.05) is 19.7 Å². The molecule has 0 aromatic rings. The molecule has 0 aromatic carbocycles. The normalized spacial score (nSPS) is 24.8. The van der Waals surface area contributed by atoms with Gasteiger partial charge >= 0.3 is 0 Å². The Balaban J connectivity index is 1.85. The van der Waals surface area contributed by atoms with Gasteiger partial charge in [-0.25, -0.2) is 0 Å². The minimum Gasteiger partial charge on any atom is -0.396 e. The van der Waals surface area contributed by atoms with Crippen LogP contribution < -0.4 is 16.0 Å². The van der Waals surface area contributed by atoms with E-state index in [-0.39, 0.29) is 18.4 Å². The maximum Gasteiger partial charge on any atom is 0.223 e. The van der Waals surface area contributed by atoms with Gasteiger partial charge in [-0.1, -0.05) is 19.8 Å². The van der Waals surface area contributed by atoms with E-state index < -0.39 is 0 Å². The number of rotatable bonds is 10. The van der Waals surface area contributed by atoms with E-state index in [1.165, 1.54) is 0 Å². The molecule has 6 nitrogen and oxygen atoms in total. The van der Waals surface area contributed by atoms with Crippen molar-refractivity contribution in [1.29, 1.82) is 0 Å². The summed E-state index contributed by atoms with van der Waals surface area (Å²) in [5, 5.41) is 19.3. The number of hydrogen-bond acceptors (Lipinski definition) is 3. The van der Waals surface area contributed by atoms with Crippen LogP contribution in [0.15, 0.2) is 4.99 Å². The topological polar surface area (TPSA) is 85.8 Å². The molecule has 150 valence electrons. The summed E-state index contributed by atoms with van der Waals surface area (Å²) >= 11 is 0. The van der Waals surface area contributed by atoms with E-state index in [2.05, 4.69) is 29.8 Å². The van der Waals surface area contributed by atoms with E-state index in [1.807, 2.05) is 0 Å². The minimum absolute atomic E-state index is 0.131. The SMILES string of the molecule is CCCC(CCO)CN=C(NCC)NC1CCCC(C(=O)NC2CC2)C1. The van der Waals surface area contributed by atoms with Crippen molar-refractivity contribution < 1.29 is 9.90 Å². The highest BCUT2D eigenvalue weighted by Gasteiger charge is 2.31. The Bertz CT molecular complexity index is 445. The molecule has 0 bridgehead atoms. The predicted octanol–water partition coefficient (Wildman–Crippen LogP) is 2.18. The quantitative estimate of drug-likeness (QED) is 0.353. The first-order valence-electron chi connectivity index (χ1n) is 10.6. The zero-order chi connectivity index (χ0) is 18.8. The lowest BCUT2D eigenvalue weighted by atomic mass is 9.85. The van der Waals surface area contributed by atoms with E-state index in [4.69, 9.17) is 4.99 Å². The zero-order valence-corrected chi connectivity index (χ0v) is 16.6. The van der Waals surface area contributed by atoms with Crippen LogP contribution in [0.3, 0.4) is 0 Å². The smallest absolute Gasteiger partial charge is 0.223 e. The zero-order valence-electron chi connectivity index (χ0n) is 16.6. The Kier molecular flexibility index (Phi) is 9.23. The predicted molar refractivity (Wildman–Crippen MR) is 106 cm³/mol. The van der Waals surface area contributed by atoms with Crippen molar-refractivity contribution in [2.45, 2.75) is 83.7 Å². The van der Waals surface area contributed by atoms with Crippen LogP contribution in [0, 0.1) is 11.8 Å². The van der Waals surface area contributed by atoms with Gasteiger partial charge in [-0.15, -0.1) is 0 Å². The van der Waals surface area contributed by atoms with Crippen molar-refractivity contribution in [3.8, 4) is 0 Å². The molecule has 2 aliphatic carbocycles. The van der Waals surface area contributed by atoms with Crippen LogP contribution in [-0.4, -0.2) is 48.8 Å². The fourth-order valence-corrected chi connectivity index (χ4v) is 3.76. The lowest BCUT2D eigenvalue weighted by Crippen LogP contribution is -2.47. The first-order valence-corrected chi connectivity index (χ1v) is 10.6. The van der Waals surface area contributed by atoms with Crippen LogP contribution >= 0.6 is 0 Å². The van der Waals surface area contributed by atoms with Gasteiger partial charge in [-0.05, 0) is 57.8 Å². The number of aliphatic hydroxyl groups is 1. The molecule has 2 saturated carbocycles. The van der Waals surface area contributed by atoms with Crippen LogP contribution in [-0.2, 0) is 4.79 Å². The van der Waals surface area contributed by atoms with Crippen LogP contribution in [0.4, 0.5) is 0 Å². The second-order valence-corrected chi connectivity index (χ2v) is 7.87. The molecule has 0 radical (unpaired) electrons. The molecule has 0 aliphatic heterocycles. The monoisotopic (exact) mass is 366 g/mol. The van der Waals surface area contributed by atoms with E-state index in [0.717, 1.165) is 76.8 Å². The molecule has 3 atom stereocenters. The van der Waals surface area contributed by atoms with Crippen LogP contribution in [0.2, 0.25) is 0 Å². The number of amides is 1. The van der Waals surface area contributed by atoms with E-state index >= 15 is 0 Å². The fourth-order valence-electron chi connectivity index (χ4n) is 3.76. The second-order valence-electron chi connectivity index (χ2n) is 7.87. The molecule has 6 heteroatoms. The number of hydrogen-bond donors (Lipinski definition) is 4. The summed E-state index contributed by atoms with van der Waals surface area (Å²) in [4.78, 5) is 17.1. The Hall–Kier alpha value is -1.30. The molecule has 0 saturated heterocycles. The number of aliphatic imine (C=N–C) groups is 1. The first kappa shape index (κ1) is 21.0. The molecule has 0 heterocycles. The third-order valence-corrected chi connectivity index (χ3v) is 5.40. The van der Waals surface area contributed by atoms with Gasteiger partial charge in [0.25, 0.3) is 0 Å². The summed E-state index contributed by atoms with van der Waals surface area (Å²) in [7, 11) is 0. The van der Waals surface area contributed by atoms with Crippen molar-refractivity contribution in [2.24, 2.45) is 16.8 Å². The molecule has 0 spiro atoms. The molecule has 26 heavy (non-hydrogen) atoms. The highest BCUT2D eigenvalue weighted by atomic mass is 16.3. The Morgan fingerprint density at radius 3 is 2.58 bits per heavy atom. The summed E-state index contributed by atoms with van der Waals surface area (Å²) in [6, 6.07) is 0.746. The van der Waals surface area contributed by atoms with Gasteiger partial charge in [0.15, 0.2) is 5.96 Å². The summed E-state index contributed by atoms with van der Waals surface area (Å²) in [5.74, 6) is 1.66. The minimum atomic E-state index is 0.131. The van der Waals surface area contributed by atoms with Gasteiger partial charge < -0.3 is 21.1 Å². The number of nitrogens with one attached hydrogen (secondary N) is 3. The number of nitrogens with zero attached hydrogens (tertiary/aromatic N) is 1. The average molecular weight is 367 g/mol. The molecule has 2 aliphatic rings. The fraction of sp³-hybridized carbons (Fsp3) is 0.900. The van der Waals surface area contributed by atoms with Crippen LogP contribution in [0.5, 0.6) is 0 Å². The number of carbonyl (C=O) groups is 1. The Labute approximate surface area is 158 Å². The molecule has 2 rings (SSSR count). The van der Waals surface area contributed by atoms with E-state index in [1.54, 1.807) is 0 Å². The van der Waals surface area contributed by atoms with Crippen LogP contribution in [0.1, 0.15) is 71.6 Å². The molecule has 3 unspecified atom stereocenters. The molecule has 1 amide bonds. The van der Waals surface area contributed by atoms with Gasteiger partial charge in [0.2, 0.25) is 5.91 Å². The second kappa shape index (κ2) is 11.4. The largest absolute Gasteiger partial charge is 0.396 e. The van der Waals surface area contributed by atoms with Gasteiger partial charge in [-0.3, -0.25) is 9.79 Å². The summed E-state index contributed by atoms with van der Waals surface area (Å²) in [6.07, 6.45) is 9.37. The van der Waals surface area contributed by atoms with E-state index in [9.17, 15) is 9.90 Å². The van der Waals surface area contributed by atoms with Gasteiger partial charge in [0.1, 0.15) is 0 Å². The number of guanidine groups is 1. The molecular formula is C20H38N4O2. The first-order chi connectivity index (χ1) is 12.7. The maximum atomic E-state index is 12.4. The highest BCUT2D eigenvalue weighted by molar-refractivity contribution is 5.81. The van der Waals surface area contributed by atoms with Crippen molar-refractivity contribution in [3.05, 3.63) is 0 Å².